The monoisotopic (exact) mass is 309 g/mol. The van der Waals surface area contributed by atoms with Gasteiger partial charge >= 0.3 is 6.03 Å². The van der Waals surface area contributed by atoms with Crippen LogP contribution in [0.4, 0.5) is 10.5 Å². The predicted octanol–water partition coefficient (Wildman–Crippen LogP) is 3.28. The maximum Gasteiger partial charge on any atom is 0.319 e. The Kier molecular flexibility index (Phi) is 4.73. The molecule has 4 N–H and O–H groups in total. The van der Waals surface area contributed by atoms with E-state index >= 15 is 0 Å². The van der Waals surface area contributed by atoms with Gasteiger partial charge in [0.05, 0.1) is 10.6 Å². The normalized spacial score (nSPS) is 17.0. The van der Waals surface area contributed by atoms with Crippen LogP contribution in [-0.4, -0.2) is 17.5 Å². The van der Waals surface area contributed by atoms with Crippen LogP contribution in [0, 0.1) is 0 Å². The van der Waals surface area contributed by atoms with E-state index in [-0.39, 0.29) is 22.2 Å². The number of halogens is 1. The standard InChI is InChI=1S/C15H20ClN3O2/c1-15(7-3-2-4-8-15)19-14(21)18-10-5-6-11(13(17)20)12(16)9-10/h5-6,9H,2-4,7-8H2,1H3,(H2,17,20)(H2,18,19,21). The van der Waals surface area contributed by atoms with Gasteiger partial charge < -0.3 is 16.4 Å². The van der Waals surface area contributed by atoms with Gasteiger partial charge in [0.15, 0.2) is 0 Å². The van der Waals surface area contributed by atoms with Crippen LogP contribution in [0.25, 0.3) is 0 Å². The quantitative estimate of drug-likeness (QED) is 0.800. The van der Waals surface area contributed by atoms with E-state index < -0.39 is 5.91 Å². The molecule has 1 aromatic carbocycles. The summed E-state index contributed by atoms with van der Waals surface area (Å²) in [6, 6.07) is 4.37. The highest BCUT2D eigenvalue weighted by molar-refractivity contribution is 6.34. The summed E-state index contributed by atoms with van der Waals surface area (Å²) < 4.78 is 0. The first-order valence-corrected chi connectivity index (χ1v) is 7.46. The summed E-state index contributed by atoms with van der Waals surface area (Å²) in [6.07, 6.45) is 5.47. The van der Waals surface area contributed by atoms with Crippen molar-refractivity contribution < 1.29 is 9.59 Å². The topological polar surface area (TPSA) is 84.2 Å². The van der Waals surface area contributed by atoms with E-state index in [0.717, 1.165) is 25.7 Å². The summed E-state index contributed by atoms with van der Waals surface area (Å²) in [5, 5.41) is 5.98. The Morgan fingerprint density at radius 3 is 2.48 bits per heavy atom. The number of anilines is 1. The van der Waals surface area contributed by atoms with Gasteiger partial charge in [-0.2, -0.15) is 0 Å². The van der Waals surface area contributed by atoms with Crippen molar-refractivity contribution in [2.75, 3.05) is 5.32 Å². The van der Waals surface area contributed by atoms with Crippen molar-refractivity contribution in [2.24, 2.45) is 5.73 Å². The second-order valence-electron chi connectivity index (χ2n) is 5.76. The van der Waals surface area contributed by atoms with Crippen molar-refractivity contribution in [2.45, 2.75) is 44.6 Å². The van der Waals surface area contributed by atoms with E-state index in [1.165, 1.54) is 18.6 Å². The number of hydrogen-bond donors (Lipinski definition) is 3. The lowest BCUT2D eigenvalue weighted by atomic mass is 9.83. The van der Waals surface area contributed by atoms with E-state index in [4.69, 9.17) is 17.3 Å². The molecule has 0 aromatic heterocycles. The van der Waals surface area contributed by atoms with Crippen LogP contribution in [0.15, 0.2) is 18.2 Å². The summed E-state index contributed by atoms with van der Waals surface area (Å²) in [6.45, 7) is 2.06. The van der Waals surface area contributed by atoms with Crippen LogP contribution < -0.4 is 16.4 Å². The number of nitrogens with one attached hydrogen (secondary N) is 2. The first-order valence-electron chi connectivity index (χ1n) is 7.08. The molecule has 0 saturated heterocycles. The van der Waals surface area contributed by atoms with Gasteiger partial charge in [0.1, 0.15) is 0 Å². The second kappa shape index (κ2) is 6.35. The van der Waals surface area contributed by atoms with E-state index in [1.54, 1.807) is 6.07 Å². The summed E-state index contributed by atoms with van der Waals surface area (Å²) in [5.74, 6) is -0.592. The first kappa shape index (κ1) is 15.6. The van der Waals surface area contributed by atoms with E-state index in [2.05, 4.69) is 17.6 Å². The average Bonchev–Trinajstić information content (AvgIpc) is 2.38. The van der Waals surface area contributed by atoms with Crippen molar-refractivity contribution in [3.8, 4) is 0 Å². The Bertz CT molecular complexity index is 554. The van der Waals surface area contributed by atoms with Crippen molar-refractivity contribution in [3.63, 3.8) is 0 Å². The predicted molar refractivity (Wildman–Crippen MR) is 83.6 cm³/mol. The van der Waals surface area contributed by atoms with Gasteiger partial charge in [-0.15, -0.1) is 0 Å². The molecule has 0 radical (unpaired) electrons. The number of amides is 3. The van der Waals surface area contributed by atoms with Crippen molar-refractivity contribution in [3.05, 3.63) is 28.8 Å². The average molecular weight is 310 g/mol. The number of primary amides is 1. The van der Waals surface area contributed by atoms with Gasteiger partial charge in [0.2, 0.25) is 5.91 Å². The maximum absolute atomic E-state index is 12.1. The summed E-state index contributed by atoms with van der Waals surface area (Å²) in [7, 11) is 0. The summed E-state index contributed by atoms with van der Waals surface area (Å²) in [5.41, 5.74) is 5.80. The molecular formula is C15H20ClN3O2. The Morgan fingerprint density at radius 2 is 1.90 bits per heavy atom. The molecule has 1 fully saturated rings. The minimum atomic E-state index is -0.592. The Labute approximate surface area is 129 Å². The van der Waals surface area contributed by atoms with Crippen molar-refractivity contribution in [1.29, 1.82) is 0 Å². The first-order chi connectivity index (χ1) is 9.89. The van der Waals surface area contributed by atoms with Gasteiger partial charge in [-0.25, -0.2) is 4.79 Å². The molecular weight excluding hydrogens is 290 g/mol. The number of urea groups is 1. The molecule has 0 aliphatic heterocycles. The molecule has 1 saturated carbocycles. The number of hydrogen-bond acceptors (Lipinski definition) is 2. The van der Waals surface area contributed by atoms with Gasteiger partial charge in [0, 0.05) is 11.2 Å². The minimum absolute atomic E-state index is 0.153. The van der Waals surface area contributed by atoms with Crippen LogP contribution in [-0.2, 0) is 0 Å². The Hall–Kier alpha value is -1.75. The fourth-order valence-corrected chi connectivity index (χ4v) is 2.96. The highest BCUT2D eigenvalue weighted by Crippen LogP contribution is 2.27. The Balaban J connectivity index is 1.99. The summed E-state index contributed by atoms with van der Waals surface area (Å²) in [4.78, 5) is 23.2. The molecule has 6 heteroatoms. The third-order valence-corrected chi connectivity index (χ3v) is 4.18. The lowest BCUT2D eigenvalue weighted by Gasteiger charge is -2.34. The molecule has 114 valence electrons. The van der Waals surface area contributed by atoms with Gasteiger partial charge in [-0.1, -0.05) is 30.9 Å². The molecule has 0 atom stereocenters. The van der Waals surface area contributed by atoms with Crippen molar-refractivity contribution >= 4 is 29.2 Å². The zero-order valence-corrected chi connectivity index (χ0v) is 12.8. The SMILES string of the molecule is CC1(NC(=O)Nc2ccc(C(N)=O)c(Cl)c2)CCCCC1. The molecule has 0 heterocycles. The Morgan fingerprint density at radius 1 is 1.24 bits per heavy atom. The molecule has 1 aromatic rings. The molecule has 0 unspecified atom stereocenters. The van der Waals surface area contributed by atoms with Gasteiger partial charge in [-0.05, 0) is 38.0 Å². The number of carbonyl (C=O) groups is 2. The fourth-order valence-electron chi connectivity index (χ4n) is 2.69. The fraction of sp³-hybridized carbons (Fsp3) is 0.467. The lowest BCUT2D eigenvalue weighted by molar-refractivity contribution is 0.100. The van der Waals surface area contributed by atoms with Gasteiger partial charge in [-0.3, -0.25) is 4.79 Å². The van der Waals surface area contributed by atoms with Gasteiger partial charge in [0.25, 0.3) is 0 Å². The molecule has 2 rings (SSSR count). The third kappa shape index (κ3) is 4.11. The largest absolute Gasteiger partial charge is 0.366 e. The maximum atomic E-state index is 12.1. The van der Waals surface area contributed by atoms with E-state index in [9.17, 15) is 9.59 Å². The molecule has 1 aliphatic rings. The molecule has 21 heavy (non-hydrogen) atoms. The van der Waals surface area contributed by atoms with Crippen LogP contribution in [0.3, 0.4) is 0 Å². The number of rotatable bonds is 3. The lowest BCUT2D eigenvalue weighted by Crippen LogP contribution is -2.48. The zero-order chi connectivity index (χ0) is 15.5. The third-order valence-electron chi connectivity index (χ3n) is 3.86. The number of carbonyl (C=O) groups excluding carboxylic acids is 2. The summed E-state index contributed by atoms with van der Waals surface area (Å²) >= 11 is 5.95. The highest BCUT2D eigenvalue weighted by Gasteiger charge is 2.28. The minimum Gasteiger partial charge on any atom is -0.366 e. The zero-order valence-electron chi connectivity index (χ0n) is 12.0. The second-order valence-corrected chi connectivity index (χ2v) is 6.17. The molecule has 3 amide bonds. The van der Waals surface area contributed by atoms with Crippen LogP contribution in [0.1, 0.15) is 49.4 Å². The van der Waals surface area contributed by atoms with Crippen LogP contribution >= 0.6 is 11.6 Å². The van der Waals surface area contributed by atoms with Crippen molar-refractivity contribution in [1.82, 2.24) is 5.32 Å². The molecule has 1 aliphatic carbocycles. The smallest absolute Gasteiger partial charge is 0.319 e. The van der Waals surface area contributed by atoms with E-state index in [0.29, 0.717) is 5.69 Å². The molecule has 0 bridgehead atoms. The van der Waals surface area contributed by atoms with E-state index in [1.807, 2.05) is 0 Å². The van der Waals surface area contributed by atoms with Crippen LogP contribution in [0.5, 0.6) is 0 Å². The highest BCUT2D eigenvalue weighted by atomic mass is 35.5. The van der Waals surface area contributed by atoms with Crippen LogP contribution in [0.2, 0.25) is 5.02 Å². The number of nitrogens with two attached hydrogens (primary N) is 1. The number of benzene rings is 1. The molecule has 0 spiro atoms. The molecule has 5 nitrogen and oxygen atoms in total.